The van der Waals surface area contributed by atoms with Gasteiger partial charge in [-0.2, -0.15) is 0 Å². The number of nitrogens with zero attached hydrogens (tertiary/aromatic N) is 4. The smallest absolute Gasteiger partial charge is 0.191 e. The summed E-state index contributed by atoms with van der Waals surface area (Å²) in [5.74, 6) is 2.02. The molecule has 0 radical (unpaired) electrons. The fourth-order valence-corrected chi connectivity index (χ4v) is 1.63. The van der Waals surface area contributed by atoms with Gasteiger partial charge >= 0.3 is 0 Å². The molecule has 0 aromatic carbocycles. The second kappa shape index (κ2) is 5.16. The summed E-state index contributed by atoms with van der Waals surface area (Å²) >= 11 is 0. The molecule has 2 heterocycles. The first kappa shape index (κ1) is 12.5. The molecule has 0 aliphatic rings. The summed E-state index contributed by atoms with van der Waals surface area (Å²) in [5, 5.41) is 8.15. The van der Waals surface area contributed by atoms with E-state index in [4.69, 9.17) is 4.42 Å². The predicted molar refractivity (Wildman–Crippen MR) is 69.0 cm³/mol. The Morgan fingerprint density at radius 3 is 2.78 bits per heavy atom. The van der Waals surface area contributed by atoms with E-state index in [1.54, 1.807) is 4.68 Å². The second-order valence-electron chi connectivity index (χ2n) is 4.69. The maximum Gasteiger partial charge on any atom is 0.191 e. The Morgan fingerprint density at radius 2 is 2.17 bits per heavy atom. The first-order valence-electron chi connectivity index (χ1n) is 6.06. The summed E-state index contributed by atoms with van der Waals surface area (Å²) in [6.07, 6.45) is 5.97. The molecule has 5 nitrogen and oxygen atoms in total. The Hall–Kier alpha value is -1.91. The summed E-state index contributed by atoms with van der Waals surface area (Å²) in [5.41, 5.74) is 1.76. The van der Waals surface area contributed by atoms with Gasteiger partial charge in [-0.15, -0.1) is 5.10 Å². The van der Waals surface area contributed by atoms with Crippen molar-refractivity contribution in [2.24, 2.45) is 5.92 Å². The number of hydrogen-bond donors (Lipinski definition) is 0. The van der Waals surface area contributed by atoms with Crippen LogP contribution in [0.1, 0.15) is 36.9 Å². The largest absolute Gasteiger partial charge is 0.444 e. The molecule has 0 saturated heterocycles. The van der Waals surface area contributed by atoms with E-state index in [1.807, 2.05) is 26.1 Å². The summed E-state index contributed by atoms with van der Waals surface area (Å²) in [7, 11) is 0. The molecule has 0 spiro atoms. The van der Waals surface area contributed by atoms with E-state index in [-0.39, 0.29) is 0 Å². The van der Waals surface area contributed by atoms with E-state index in [0.717, 1.165) is 17.1 Å². The molecule has 0 atom stereocenters. The van der Waals surface area contributed by atoms with Gasteiger partial charge in [0.15, 0.2) is 5.89 Å². The van der Waals surface area contributed by atoms with Crippen molar-refractivity contribution in [1.82, 2.24) is 20.0 Å². The molecular weight excluding hydrogens is 228 g/mol. The van der Waals surface area contributed by atoms with E-state index < -0.39 is 0 Å². The van der Waals surface area contributed by atoms with Crippen molar-refractivity contribution in [3.63, 3.8) is 0 Å². The highest BCUT2D eigenvalue weighted by molar-refractivity contribution is 5.42. The lowest BCUT2D eigenvalue weighted by Gasteiger charge is -1.96. The highest BCUT2D eigenvalue weighted by Crippen LogP contribution is 2.11. The highest BCUT2D eigenvalue weighted by atomic mass is 16.4. The zero-order valence-electron chi connectivity index (χ0n) is 11.2. The lowest BCUT2D eigenvalue weighted by Crippen LogP contribution is -2.00. The quantitative estimate of drug-likeness (QED) is 0.832. The van der Waals surface area contributed by atoms with Gasteiger partial charge in [0.05, 0.1) is 11.9 Å². The molecule has 0 N–H and O–H groups in total. The third kappa shape index (κ3) is 3.06. The highest BCUT2D eigenvalue weighted by Gasteiger charge is 2.08. The van der Waals surface area contributed by atoms with Crippen LogP contribution in [0.5, 0.6) is 0 Å². The normalized spacial score (nSPS) is 11.8. The first-order chi connectivity index (χ1) is 8.54. The van der Waals surface area contributed by atoms with E-state index in [1.165, 1.54) is 0 Å². The molecule has 0 saturated carbocycles. The van der Waals surface area contributed by atoms with Crippen LogP contribution in [0.25, 0.3) is 6.08 Å². The minimum atomic E-state index is 0.509. The molecule has 0 amide bonds. The van der Waals surface area contributed by atoms with Crippen LogP contribution in [0, 0.1) is 19.8 Å². The van der Waals surface area contributed by atoms with Crippen LogP contribution in [-0.2, 0) is 6.54 Å². The van der Waals surface area contributed by atoms with Gasteiger partial charge in [0.25, 0.3) is 0 Å². The Kier molecular flexibility index (Phi) is 3.60. The Bertz CT molecular complexity index is 551. The number of allylic oxidation sites excluding steroid dienone is 1. The van der Waals surface area contributed by atoms with Crippen molar-refractivity contribution < 1.29 is 4.42 Å². The number of oxazole rings is 1. The first-order valence-corrected chi connectivity index (χ1v) is 6.06. The van der Waals surface area contributed by atoms with Crippen LogP contribution in [0.2, 0.25) is 0 Å². The van der Waals surface area contributed by atoms with E-state index in [0.29, 0.717) is 18.4 Å². The van der Waals surface area contributed by atoms with E-state index in [2.05, 4.69) is 35.2 Å². The molecule has 0 fully saturated rings. The Balaban J connectivity index is 2.09. The average Bonchev–Trinajstić information content (AvgIpc) is 2.84. The third-order valence-electron chi connectivity index (χ3n) is 2.51. The summed E-state index contributed by atoms with van der Waals surface area (Å²) in [6, 6.07) is 0. The summed E-state index contributed by atoms with van der Waals surface area (Å²) in [4.78, 5) is 4.23. The van der Waals surface area contributed by atoms with Gasteiger partial charge in [0.2, 0.25) is 0 Å². The number of rotatable bonds is 4. The monoisotopic (exact) mass is 246 g/mol. The van der Waals surface area contributed by atoms with Crippen molar-refractivity contribution in [2.45, 2.75) is 34.2 Å². The van der Waals surface area contributed by atoms with E-state index in [9.17, 15) is 0 Å². The Morgan fingerprint density at radius 1 is 1.39 bits per heavy atom. The van der Waals surface area contributed by atoms with Crippen LogP contribution in [0.15, 0.2) is 16.7 Å². The van der Waals surface area contributed by atoms with Gasteiger partial charge in [0, 0.05) is 6.92 Å². The van der Waals surface area contributed by atoms with Crippen molar-refractivity contribution in [3.8, 4) is 0 Å². The number of aryl methyl sites for hydroxylation is 2. The molecule has 0 unspecified atom stereocenters. The standard InChI is InChI=1S/C13H18N4O/c1-9(2)5-6-12-7-17(16-15-12)8-13-10(3)14-11(4)18-13/h5-7,9H,8H2,1-4H3/b6-5+. The van der Waals surface area contributed by atoms with Crippen LogP contribution in [0.3, 0.4) is 0 Å². The Labute approximate surface area is 107 Å². The molecule has 2 aromatic rings. The van der Waals surface area contributed by atoms with Gasteiger partial charge in [-0.25, -0.2) is 9.67 Å². The molecule has 0 bridgehead atoms. The van der Waals surface area contributed by atoms with Gasteiger partial charge < -0.3 is 4.42 Å². The number of aromatic nitrogens is 4. The minimum Gasteiger partial charge on any atom is -0.444 e. The molecule has 96 valence electrons. The third-order valence-corrected chi connectivity index (χ3v) is 2.51. The maximum atomic E-state index is 5.51. The summed E-state index contributed by atoms with van der Waals surface area (Å²) < 4.78 is 7.26. The molecule has 2 rings (SSSR count). The van der Waals surface area contributed by atoms with Crippen LogP contribution < -0.4 is 0 Å². The van der Waals surface area contributed by atoms with Crippen LogP contribution >= 0.6 is 0 Å². The molecule has 0 aliphatic carbocycles. The molecular formula is C13H18N4O. The second-order valence-corrected chi connectivity index (χ2v) is 4.69. The SMILES string of the molecule is Cc1nc(C)c(Cn2cc(/C=C/C(C)C)nn2)o1. The van der Waals surface area contributed by atoms with Gasteiger partial charge in [-0.1, -0.05) is 25.1 Å². The lowest BCUT2D eigenvalue weighted by molar-refractivity contribution is 0.448. The fourth-order valence-electron chi connectivity index (χ4n) is 1.63. The molecule has 0 aliphatic heterocycles. The predicted octanol–water partition coefficient (Wildman–Crippen LogP) is 2.60. The topological polar surface area (TPSA) is 56.7 Å². The van der Waals surface area contributed by atoms with E-state index >= 15 is 0 Å². The van der Waals surface area contributed by atoms with Crippen molar-refractivity contribution in [1.29, 1.82) is 0 Å². The minimum absolute atomic E-state index is 0.509. The average molecular weight is 246 g/mol. The summed E-state index contributed by atoms with van der Waals surface area (Å²) in [6.45, 7) is 8.59. The van der Waals surface area contributed by atoms with Crippen LogP contribution in [0.4, 0.5) is 0 Å². The zero-order chi connectivity index (χ0) is 13.1. The molecule has 5 heteroatoms. The fraction of sp³-hybridized carbons (Fsp3) is 0.462. The molecule has 2 aromatic heterocycles. The molecule has 18 heavy (non-hydrogen) atoms. The van der Waals surface area contributed by atoms with Crippen LogP contribution in [-0.4, -0.2) is 20.0 Å². The van der Waals surface area contributed by atoms with Crippen molar-refractivity contribution >= 4 is 6.08 Å². The van der Waals surface area contributed by atoms with Crippen molar-refractivity contribution in [3.05, 3.63) is 35.3 Å². The lowest BCUT2D eigenvalue weighted by atomic mass is 10.2. The van der Waals surface area contributed by atoms with Gasteiger partial charge in [-0.3, -0.25) is 0 Å². The number of hydrogen-bond acceptors (Lipinski definition) is 4. The maximum absolute atomic E-state index is 5.51. The van der Waals surface area contributed by atoms with Crippen molar-refractivity contribution in [2.75, 3.05) is 0 Å². The van der Waals surface area contributed by atoms with Gasteiger partial charge in [0.1, 0.15) is 18.0 Å². The van der Waals surface area contributed by atoms with Gasteiger partial charge in [-0.05, 0) is 18.9 Å². The zero-order valence-corrected chi connectivity index (χ0v) is 11.2.